The van der Waals surface area contributed by atoms with Crippen molar-refractivity contribution in [3.05, 3.63) is 0 Å². The van der Waals surface area contributed by atoms with E-state index in [0.29, 0.717) is 11.8 Å². The molecule has 1 saturated heterocycles. The number of rotatable bonds is 4. The summed E-state index contributed by atoms with van der Waals surface area (Å²) in [4.78, 5) is 15.9. The Kier molecular flexibility index (Phi) is 4.39. The summed E-state index contributed by atoms with van der Waals surface area (Å²) in [6, 6.07) is 0. The Balaban J connectivity index is 2.44. The van der Waals surface area contributed by atoms with Crippen LogP contribution in [0.25, 0.3) is 0 Å². The SMILES string of the molecule is CCN(CC)CN1CC(C)CCC1=O. The number of carbonyl (C=O) groups excluding carboxylic acids is 1. The zero-order chi connectivity index (χ0) is 10.6. The average molecular weight is 198 g/mol. The fourth-order valence-corrected chi connectivity index (χ4v) is 1.90. The number of nitrogens with zero attached hydrogens (tertiary/aromatic N) is 2. The molecule has 1 rings (SSSR count). The monoisotopic (exact) mass is 198 g/mol. The van der Waals surface area contributed by atoms with Gasteiger partial charge in [-0.1, -0.05) is 20.8 Å². The summed E-state index contributed by atoms with van der Waals surface area (Å²) in [7, 11) is 0. The van der Waals surface area contributed by atoms with Crippen molar-refractivity contribution in [3.8, 4) is 0 Å². The summed E-state index contributed by atoms with van der Waals surface area (Å²) in [6.45, 7) is 10.3. The molecule has 0 N–H and O–H groups in total. The van der Waals surface area contributed by atoms with E-state index in [2.05, 4.69) is 25.7 Å². The molecule has 1 atom stereocenters. The second kappa shape index (κ2) is 5.35. The fraction of sp³-hybridized carbons (Fsp3) is 0.909. The van der Waals surface area contributed by atoms with E-state index in [4.69, 9.17) is 0 Å². The second-order valence-corrected chi connectivity index (χ2v) is 4.20. The largest absolute Gasteiger partial charge is 0.329 e. The highest BCUT2D eigenvalue weighted by atomic mass is 16.2. The zero-order valence-corrected chi connectivity index (χ0v) is 9.62. The van der Waals surface area contributed by atoms with Gasteiger partial charge in [0.1, 0.15) is 0 Å². The molecule has 0 spiro atoms. The molecule has 0 aromatic carbocycles. The van der Waals surface area contributed by atoms with Gasteiger partial charge in [0, 0.05) is 13.0 Å². The Morgan fingerprint density at radius 3 is 2.64 bits per heavy atom. The summed E-state index contributed by atoms with van der Waals surface area (Å²) in [5.41, 5.74) is 0. The third kappa shape index (κ3) is 2.98. The van der Waals surface area contributed by atoms with Crippen LogP contribution in [0.2, 0.25) is 0 Å². The highest BCUT2D eigenvalue weighted by Gasteiger charge is 2.23. The number of carbonyl (C=O) groups is 1. The Morgan fingerprint density at radius 2 is 2.07 bits per heavy atom. The average Bonchev–Trinajstić information content (AvgIpc) is 2.19. The molecule has 0 saturated carbocycles. The summed E-state index contributed by atoms with van der Waals surface area (Å²) in [5.74, 6) is 0.998. The molecule has 0 aliphatic carbocycles. The minimum Gasteiger partial charge on any atom is -0.329 e. The van der Waals surface area contributed by atoms with Gasteiger partial charge in [0.25, 0.3) is 0 Å². The molecular weight excluding hydrogens is 176 g/mol. The van der Waals surface area contributed by atoms with E-state index in [9.17, 15) is 4.79 Å². The van der Waals surface area contributed by atoms with Gasteiger partial charge in [-0.3, -0.25) is 9.69 Å². The van der Waals surface area contributed by atoms with Crippen LogP contribution in [-0.4, -0.2) is 42.0 Å². The Labute approximate surface area is 87.1 Å². The highest BCUT2D eigenvalue weighted by molar-refractivity contribution is 5.76. The molecule has 1 unspecified atom stereocenters. The summed E-state index contributed by atoms with van der Waals surface area (Å²) in [5, 5.41) is 0. The second-order valence-electron chi connectivity index (χ2n) is 4.20. The first kappa shape index (κ1) is 11.5. The van der Waals surface area contributed by atoms with Crippen molar-refractivity contribution in [2.45, 2.75) is 33.6 Å². The minimum atomic E-state index is 0.329. The predicted molar refractivity (Wildman–Crippen MR) is 57.9 cm³/mol. The van der Waals surface area contributed by atoms with E-state index in [1.165, 1.54) is 0 Å². The summed E-state index contributed by atoms with van der Waals surface area (Å²) < 4.78 is 0. The van der Waals surface area contributed by atoms with Crippen molar-refractivity contribution >= 4 is 5.91 Å². The molecule has 3 heteroatoms. The molecule has 1 amide bonds. The number of piperidine rings is 1. The van der Waals surface area contributed by atoms with Crippen LogP contribution < -0.4 is 0 Å². The predicted octanol–water partition coefficient (Wildman–Crippen LogP) is 1.54. The van der Waals surface area contributed by atoms with Gasteiger partial charge >= 0.3 is 0 Å². The normalized spacial score (nSPS) is 23.3. The van der Waals surface area contributed by atoms with Gasteiger partial charge in [-0.2, -0.15) is 0 Å². The number of likely N-dealkylation sites (tertiary alicyclic amines) is 1. The first-order valence-corrected chi connectivity index (χ1v) is 5.67. The Hall–Kier alpha value is -0.570. The quantitative estimate of drug-likeness (QED) is 0.684. The van der Waals surface area contributed by atoms with Crippen LogP contribution in [0.4, 0.5) is 0 Å². The van der Waals surface area contributed by atoms with Crippen molar-refractivity contribution < 1.29 is 4.79 Å². The molecule has 82 valence electrons. The van der Waals surface area contributed by atoms with E-state index >= 15 is 0 Å². The Morgan fingerprint density at radius 1 is 1.43 bits per heavy atom. The Bertz CT molecular complexity index is 190. The topological polar surface area (TPSA) is 23.6 Å². The van der Waals surface area contributed by atoms with Crippen molar-refractivity contribution in [2.75, 3.05) is 26.3 Å². The first-order chi connectivity index (χ1) is 6.67. The maximum Gasteiger partial charge on any atom is 0.223 e. The van der Waals surface area contributed by atoms with Gasteiger partial charge < -0.3 is 4.90 Å². The molecule has 0 aromatic rings. The molecular formula is C11H22N2O. The van der Waals surface area contributed by atoms with Crippen molar-refractivity contribution in [2.24, 2.45) is 5.92 Å². The van der Waals surface area contributed by atoms with E-state index in [1.807, 2.05) is 4.90 Å². The number of hydrogen-bond acceptors (Lipinski definition) is 2. The fourth-order valence-electron chi connectivity index (χ4n) is 1.90. The van der Waals surface area contributed by atoms with Crippen LogP contribution in [0, 0.1) is 5.92 Å². The molecule has 1 aliphatic heterocycles. The van der Waals surface area contributed by atoms with Gasteiger partial charge in [0.05, 0.1) is 6.67 Å². The molecule has 0 radical (unpaired) electrons. The number of hydrogen-bond donors (Lipinski definition) is 0. The van der Waals surface area contributed by atoms with Gasteiger partial charge in [0.2, 0.25) is 5.91 Å². The molecule has 0 aromatic heterocycles. The lowest BCUT2D eigenvalue weighted by Crippen LogP contribution is -2.45. The summed E-state index contributed by atoms with van der Waals surface area (Å²) in [6.07, 6.45) is 1.80. The van der Waals surface area contributed by atoms with Crippen LogP contribution in [0.5, 0.6) is 0 Å². The standard InChI is InChI=1S/C11H22N2O/c1-4-12(5-2)9-13-8-10(3)6-7-11(13)14/h10H,4-9H2,1-3H3. The van der Waals surface area contributed by atoms with E-state index < -0.39 is 0 Å². The molecule has 14 heavy (non-hydrogen) atoms. The van der Waals surface area contributed by atoms with Gasteiger partial charge in [-0.15, -0.1) is 0 Å². The molecule has 1 fully saturated rings. The van der Waals surface area contributed by atoms with Crippen molar-refractivity contribution in [1.82, 2.24) is 9.80 Å². The first-order valence-electron chi connectivity index (χ1n) is 5.67. The molecule has 1 heterocycles. The zero-order valence-electron chi connectivity index (χ0n) is 9.62. The van der Waals surface area contributed by atoms with Gasteiger partial charge in [0.15, 0.2) is 0 Å². The van der Waals surface area contributed by atoms with Crippen LogP contribution in [-0.2, 0) is 4.79 Å². The number of amides is 1. The minimum absolute atomic E-state index is 0.329. The third-order valence-corrected chi connectivity index (χ3v) is 3.00. The van der Waals surface area contributed by atoms with E-state index in [0.717, 1.165) is 39.1 Å². The van der Waals surface area contributed by atoms with Crippen LogP contribution in [0.15, 0.2) is 0 Å². The van der Waals surface area contributed by atoms with Gasteiger partial charge in [-0.05, 0) is 25.4 Å². The van der Waals surface area contributed by atoms with E-state index in [1.54, 1.807) is 0 Å². The lowest BCUT2D eigenvalue weighted by atomic mass is 10.0. The molecule has 1 aliphatic rings. The van der Waals surface area contributed by atoms with Crippen LogP contribution in [0.1, 0.15) is 33.6 Å². The molecule has 3 nitrogen and oxygen atoms in total. The smallest absolute Gasteiger partial charge is 0.223 e. The van der Waals surface area contributed by atoms with Crippen molar-refractivity contribution in [3.63, 3.8) is 0 Å². The maximum atomic E-state index is 11.6. The highest BCUT2D eigenvalue weighted by Crippen LogP contribution is 2.16. The van der Waals surface area contributed by atoms with Crippen molar-refractivity contribution in [1.29, 1.82) is 0 Å². The summed E-state index contributed by atoms with van der Waals surface area (Å²) >= 11 is 0. The maximum absolute atomic E-state index is 11.6. The van der Waals surface area contributed by atoms with E-state index in [-0.39, 0.29) is 0 Å². The molecule has 0 bridgehead atoms. The third-order valence-electron chi connectivity index (χ3n) is 3.00. The lowest BCUT2D eigenvalue weighted by molar-refractivity contribution is -0.137. The van der Waals surface area contributed by atoms with Crippen LogP contribution >= 0.6 is 0 Å². The van der Waals surface area contributed by atoms with Crippen LogP contribution in [0.3, 0.4) is 0 Å². The lowest BCUT2D eigenvalue weighted by Gasteiger charge is -2.34. The van der Waals surface area contributed by atoms with Gasteiger partial charge in [-0.25, -0.2) is 0 Å².